The largest absolute Gasteiger partial charge is 0.393 e. The lowest BCUT2D eigenvalue weighted by Crippen LogP contribution is -2.61. The molecule has 0 heterocycles. The molecule has 6 rings (SSSR count). The van der Waals surface area contributed by atoms with Crippen molar-refractivity contribution < 1.29 is 9.90 Å². The van der Waals surface area contributed by atoms with Crippen LogP contribution < -0.4 is 5.32 Å². The molecule has 4 bridgehead atoms. The second-order valence-electron chi connectivity index (χ2n) is 9.87. The predicted octanol–water partition coefficient (Wildman–Crippen LogP) is 4.49. The SMILES string of the molecule is O=C(CC1(c2ccccc2)C2CC3CC1CC(C2)C3O)NCCCc1ccccc1. The molecule has 3 nitrogen and oxygen atoms in total. The summed E-state index contributed by atoms with van der Waals surface area (Å²) in [5.74, 6) is 2.11. The van der Waals surface area contributed by atoms with Crippen molar-refractivity contribution in [2.75, 3.05) is 6.54 Å². The van der Waals surface area contributed by atoms with Crippen LogP contribution in [-0.2, 0) is 16.6 Å². The molecule has 1 amide bonds. The number of aliphatic hydroxyl groups excluding tert-OH is 1. The molecule has 2 aromatic rings. The summed E-state index contributed by atoms with van der Waals surface area (Å²) >= 11 is 0. The summed E-state index contributed by atoms with van der Waals surface area (Å²) in [6.07, 6.45) is 6.74. The summed E-state index contributed by atoms with van der Waals surface area (Å²) < 4.78 is 0. The van der Waals surface area contributed by atoms with Gasteiger partial charge in [-0.15, -0.1) is 0 Å². The van der Waals surface area contributed by atoms with E-state index >= 15 is 0 Å². The van der Waals surface area contributed by atoms with Gasteiger partial charge in [0.15, 0.2) is 0 Å². The molecule has 0 atom stereocenters. The molecule has 0 spiro atoms. The van der Waals surface area contributed by atoms with E-state index in [2.05, 4.69) is 59.9 Å². The zero-order valence-corrected chi connectivity index (χ0v) is 17.7. The van der Waals surface area contributed by atoms with Crippen LogP contribution >= 0.6 is 0 Å². The molecular weight excluding hydrogens is 370 g/mol. The van der Waals surface area contributed by atoms with Crippen molar-refractivity contribution in [2.45, 2.75) is 56.5 Å². The Hall–Kier alpha value is -2.13. The first-order chi connectivity index (χ1) is 14.7. The summed E-state index contributed by atoms with van der Waals surface area (Å²) in [5.41, 5.74) is 2.61. The maximum absolute atomic E-state index is 13.1. The van der Waals surface area contributed by atoms with Gasteiger partial charge in [0, 0.05) is 18.4 Å². The molecular formula is C27H33NO2. The molecule has 0 aliphatic heterocycles. The number of aliphatic hydroxyl groups is 1. The van der Waals surface area contributed by atoms with E-state index in [0.29, 0.717) is 30.1 Å². The highest BCUT2D eigenvalue weighted by molar-refractivity contribution is 5.78. The van der Waals surface area contributed by atoms with E-state index in [-0.39, 0.29) is 17.4 Å². The number of hydrogen-bond donors (Lipinski definition) is 2. The van der Waals surface area contributed by atoms with Crippen LogP contribution in [0.5, 0.6) is 0 Å². The highest BCUT2D eigenvalue weighted by atomic mass is 16.3. The second-order valence-corrected chi connectivity index (χ2v) is 9.87. The Balaban J connectivity index is 1.29. The fourth-order valence-corrected chi connectivity index (χ4v) is 7.07. The molecule has 0 radical (unpaired) electrons. The first kappa shape index (κ1) is 19.8. The first-order valence-electron chi connectivity index (χ1n) is 11.7. The Morgan fingerprint density at radius 2 is 1.47 bits per heavy atom. The lowest BCUT2D eigenvalue weighted by Gasteiger charge is -2.63. The minimum absolute atomic E-state index is 0.0576. The lowest BCUT2D eigenvalue weighted by atomic mass is 9.42. The van der Waals surface area contributed by atoms with Crippen LogP contribution in [0.4, 0.5) is 0 Å². The van der Waals surface area contributed by atoms with Crippen molar-refractivity contribution in [3.63, 3.8) is 0 Å². The molecule has 30 heavy (non-hydrogen) atoms. The molecule has 0 saturated heterocycles. The van der Waals surface area contributed by atoms with Crippen LogP contribution in [0.2, 0.25) is 0 Å². The number of benzene rings is 2. The number of rotatable bonds is 7. The smallest absolute Gasteiger partial charge is 0.220 e. The van der Waals surface area contributed by atoms with Crippen molar-refractivity contribution in [3.8, 4) is 0 Å². The van der Waals surface area contributed by atoms with E-state index in [1.54, 1.807) is 0 Å². The highest BCUT2D eigenvalue weighted by Gasteiger charge is 2.60. The van der Waals surface area contributed by atoms with Crippen molar-refractivity contribution in [1.82, 2.24) is 5.32 Å². The topological polar surface area (TPSA) is 49.3 Å². The van der Waals surface area contributed by atoms with Crippen LogP contribution in [-0.4, -0.2) is 23.7 Å². The van der Waals surface area contributed by atoms with Crippen molar-refractivity contribution >= 4 is 5.91 Å². The van der Waals surface area contributed by atoms with Gasteiger partial charge in [0.25, 0.3) is 0 Å². The van der Waals surface area contributed by atoms with Gasteiger partial charge in [0.05, 0.1) is 6.10 Å². The fourth-order valence-electron chi connectivity index (χ4n) is 7.07. The van der Waals surface area contributed by atoms with Crippen LogP contribution in [0.15, 0.2) is 60.7 Å². The quantitative estimate of drug-likeness (QED) is 0.669. The lowest BCUT2D eigenvalue weighted by molar-refractivity contribution is -0.147. The number of nitrogens with one attached hydrogen (secondary N) is 1. The Morgan fingerprint density at radius 1 is 0.900 bits per heavy atom. The third-order valence-corrected chi connectivity index (χ3v) is 8.34. The van der Waals surface area contributed by atoms with Crippen LogP contribution in [0.1, 0.15) is 49.7 Å². The molecule has 4 aliphatic rings. The molecule has 158 valence electrons. The maximum Gasteiger partial charge on any atom is 0.220 e. The minimum Gasteiger partial charge on any atom is -0.393 e. The zero-order chi connectivity index (χ0) is 20.6. The highest BCUT2D eigenvalue weighted by Crippen LogP contribution is 2.64. The molecule has 0 unspecified atom stereocenters. The summed E-state index contributed by atoms with van der Waals surface area (Å²) in [7, 11) is 0. The van der Waals surface area contributed by atoms with E-state index in [0.717, 1.165) is 45.1 Å². The molecule has 0 aromatic heterocycles. The fraction of sp³-hybridized carbons (Fsp3) is 0.519. The normalized spacial score (nSPS) is 34.1. The van der Waals surface area contributed by atoms with Crippen molar-refractivity contribution in [2.24, 2.45) is 23.7 Å². The van der Waals surface area contributed by atoms with E-state index in [9.17, 15) is 9.90 Å². The van der Waals surface area contributed by atoms with Gasteiger partial charge in [-0.3, -0.25) is 4.79 Å². The van der Waals surface area contributed by atoms with Crippen LogP contribution in [0.25, 0.3) is 0 Å². The summed E-state index contributed by atoms with van der Waals surface area (Å²) in [6.45, 7) is 0.734. The van der Waals surface area contributed by atoms with E-state index in [4.69, 9.17) is 0 Å². The average Bonchev–Trinajstić information content (AvgIpc) is 2.77. The van der Waals surface area contributed by atoms with Crippen molar-refractivity contribution in [3.05, 3.63) is 71.8 Å². The molecule has 3 heteroatoms. The average molecular weight is 404 g/mol. The molecule has 2 N–H and O–H groups in total. The monoisotopic (exact) mass is 403 g/mol. The van der Waals surface area contributed by atoms with E-state index in [1.165, 1.54) is 11.1 Å². The minimum atomic E-state index is -0.113. The Kier molecular flexibility index (Phi) is 5.41. The maximum atomic E-state index is 13.1. The van der Waals surface area contributed by atoms with E-state index < -0.39 is 0 Å². The standard InChI is InChI=1S/C27H33NO2/c29-25(28-13-7-10-19-8-3-1-4-9-19)18-27(22-11-5-2-6-12-22)23-14-20-15-24(27)17-21(16-23)26(20)30/h1-6,8-9,11-12,20-21,23-24,26,30H,7,10,13-18H2,(H,28,29). The third kappa shape index (κ3) is 3.47. The van der Waals surface area contributed by atoms with Crippen molar-refractivity contribution in [1.29, 1.82) is 0 Å². The zero-order valence-electron chi connectivity index (χ0n) is 17.7. The second kappa shape index (κ2) is 8.19. The molecule has 2 aromatic carbocycles. The van der Waals surface area contributed by atoms with Gasteiger partial charge in [0.2, 0.25) is 5.91 Å². The van der Waals surface area contributed by atoms with Crippen LogP contribution in [0.3, 0.4) is 0 Å². The number of carbonyl (C=O) groups excluding carboxylic acids is 1. The summed E-state index contributed by atoms with van der Waals surface area (Å²) in [5, 5.41) is 13.8. The molecule has 4 saturated carbocycles. The molecule has 4 aliphatic carbocycles. The van der Waals surface area contributed by atoms with Gasteiger partial charge >= 0.3 is 0 Å². The number of amides is 1. The predicted molar refractivity (Wildman–Crippen MR) is 119 cm³/mol. The Bertz CT molecular complexity index is 833. The first-order valence-corrected chi connectivity index (χ1v) is 11.7. The Labute approximate surface area is 179 Å². The number of carbonyl (C=O) groups is 1. The summed E-state index contributed by atoms with van der Waals surface area (Å²) in [6, 6.07) is 21.3. The van der Waals surface area contributed by atoms with Gasteiger partial charge in [-0.2, -0.15) is 0 Å². The van der Waals surface area contributed by atoms with Crippen LogP contribution in [0, 0.1) is 23.7 Å². The number of hydrogen-bond acceptors (Lipinski definition) is 2. The molecule has 4 fully saturated rings. The van der Waals surface area contributed by atoms with Gasteiger partial charge in [-0.05, 0) is 73.3 Å². The van der Waals surface area contributed by atoms with Gasteiger partial charge in [-0.25, -0.2) is 0 Å². The Morgan fingerprint density at radius 3 is 2.07 bits per heavy atom. The van der Waals surface area contributed by atoms with Gasteiger partial charge in [0.1, 0.15) is 0 Å². The number of aryl methyl sites for hydroxylation is 1. The van der Waals surface area contributed by atoms with Gasteiger partial charge < -0.3 is 10.4 Å². The summed E-state index contributed by atoms with van der Waals surface area (Å²) in [4.78, 5) is 13.1. The third-order valence-electron chi connectivity index (χ3n) is 8.34. The van der Waals surface area contributed by atoms with Gasteiger partial charge in [-0.1, -0.05) is 60.7 Å². The van der Waals surface area contributed by atoms with E-state index in [1.807, 2.05) is 6.07 Å².